The van der Waals surface area contributed by atoms with E-state index in [1.807, 2.05) is 21.0 Å². The molecule has 0 aromatic heterocycles. The maximum atomic E-state index is 11.7. The van der Waals surface area contributed by atoms with Crippen LogP contribution in [0.15, 0.2) is 0 Å². The van der Waals surface area contributed by atoms with Crippen LogP contribution in [0.5, 0.6) is 0 Å². The lowest BCUT2D eigenvalue weighted by atomic mass is 9.95. The van der Waals surface area contributed by atoms with Gasteiger partial charge >= 0.3 is 0 Å². The van der Waals surface area contributed by atoms with Crippen LogP contribution >= 0.6 is 0 Å². The molecule has 0 spiro atoms. The lowest BCUT2D eigenvalue weighted by Gasteiger charge is -2.27. The summed E-state index contributed by atoms with van der Waals surface area (Å²) in [5, 5.41) is 3.50. The topological polar surface area (TPSA) is 32.3 Å². The Hall–Kier alpha value is -0.570. The van der Waals surface area contributed by atoms with Crippen molar-refractivity contribution in [3.8, 4) is 0 Å². The maximum Gasteiger partial charge on any atom is 0.238 e. The summed E-state index contributed by atoms with van der Waals surface area (Å²) in [7, 11) is 3.64. The lowest BCUT2D eigenvalue weighted by Crippen LogP contribution is -2.47. The summed E-state index contributed by atoms with van der Waals surface area (Å²) in [6.45, 7) is 1.98. The van der Waals surface area contributed by atoms with Gasteiger partial charge in [-0.1, -0.05) is 6.42 Å². The zero-order valence-electron chi connectivity index (χ0n) is 9.99. The number of carbonyl (C=O) groups is 1. The molecule has 2 rings (SSSR count). The van der Waals surface area contributed by atoms with Crippen molar-refractivity contribution in [1.29, 1.82) is 0 Å². The first-order valence-corrected chi connectivity index (χ1v) is 6.05. The van der Waals surface area contributed by atoms with Crippen molar-refractivity contribution >= 4 is 5.91 Å². The van der Waals surface area contributed by atoms with Crippen LogP contribution in [0.3, 0.4) is 0 Å². The fourth-order valence-electron chi connectivity index (χ4n) is 3.23. The van der Waals surface area contributed by atoms with Crippen molar-refractivity contribution in [3.63, 3.8) is 0 Å². The van der Waals surface area contributed by atoms with Crippen LogP contribution in [-0.4, -0.2) is 37.0 Å². The van der Waals surface area contributed by atoms with Gasteiger partial charge < -0.3 is 10.2 Å². The normalized spacial score (nSPS) is 35.5. The fraction of sp³-hybridized carbons (Fsp3) is 0.917. The number of likely N-dealkylation sites (N-methyl/N-ethyl adjacent to an activating group) is 1. The van der Waals surface area contributed by atoms with Gasteiger partial charge in [-0.2, -0.15) is 0 Å². The number of amides is 1. The Morgan fingerprint density at radius 1 is 1.33 bits per heavy atom. The standard InChI is InChI=1S/C12H22N2O/c1-8(12(15)14(2)3)13-11-7-9-4-5-10(11)6-9/h8-11,13H,4-7H2,1-3H3. The van der Waals surface area contributed by atoms with Crippen molar-refractivity contribution in [3.05, 3.63) is 0 Å². The molecule has 4 atom stereocenters. The summed E-state index contributed by atoms with van der Waals surface area (Å²) >= 11 is 0. The molecule has 2 aliphatic carbocycles. The van der Waals surface area contributed by atoms with Crippen LogP contribution in [0.1, 0.15) is 32.6 Å². The minimum absolute atomic E-state index is 0.0238. The van der Waals surface area contributed by atoms with E-state index in [0.717, 1.165) is 11.8 Å². The van der Waals surface area contributed by atoms with Gasteiger partial charge in [-0.3, -0.25) is 4.79 Å². The molecule has 2 saturated carbocycles. The van der Waals surface area contributed by atoms with E-state index in [4.69, 9.17) is 0 Å². The monoisotopic (exact) mass is 210 g/mol. The van der Waals surface area contributed by atoms with Gasteiger partial charge in [0, 0.05) is 20.1 Å². The highest BCUT2D eigenvalue weighted by Crippen LogP contribution is 2.44. The van der Waals surface area contributed by atoms with Gasteiger partial charge in [-0.15, -0.1) is 0 Å². The molecule has 0 aromatic carbocycles. The number of fused-ring (bicyclic) bond motifs is 2. The SMILES string of the molecule is CC(NC1CC2CCC1C2)C(=O)N(C)C. The van der Waals surface area contributed by atoms with E-state index >= 15 is 0 Å². The highest BCUT2D eigenvalue weighted by Gasteiger charge is 2.40. The van der Waals surface area contributed by atoms with Crippen molar-refractivity contribution in [2.45, 2.75) is 44.7 Å². The smallest absolute Gasteiger partial charge is 0.238 e. The van der Waals surface area contributed by atoms with E-state index < -0.39 is 0 Å². The average Bonchev–Trinajstić information content (AvgIpc) is 2.77. The molecular weight excluding hydrogens is 188 g/mol. The molecule has 0 heterocycles. The van der Waals surface area contributed by atoms with Crippen LogP contribution in [0.2, 0.25) is 0 Å². The first-order valence-electron chi connectivity index (χ1n) is 6.05. The molecular formula is C12H22N2O. The second-order valence-electron chi connectivity index (χ2n) is 5.40. The molecule has 0 aliphatic heterocycles. The third-order valence-corrected chi connectivity index (χ3v) is 4.01. The molecule has 2 fully saturated rings. The summed E-state index contributed by atoms with van der Waals surface area (Å²) in [6.07, 6.45) is 5.46. The molecule has 86 valence electrons. The predicted molar refractivity (Wildman–Crippen MR) is 60.5 cm³/mol. The average molecular weight is 210 g/mol. The zero-order valence-corrected chi connectivity index (χ0v) is 9.99. The second kappa shape index (κ2) is 4.12. The lowest BCUT2D eigenvalue weighted by molar-refractivity contribution is -0.130. The third kappa shape index (κ3) is 2.17. The molecule has 0 saturated heterocycles. The molecule has 1 amide bonds. The van der Waals surface area contributed by atoms with Gasteiger partial charge in [-0.25, -0.2) is 0 Å². The van der Waals surface area contributed by atoms with E-state index in [-0.39, 0.29) is 11.9 Å². The van der Waals surface area contributed by atoms with Crippen LogP contribution in [0.4, 0.5) is 0 Å². The number of rotatable bonds is 3. The molecule has 0 aromatic rings. The Morgan fingerprint density at radius 2 is 2.07 bits per heavy atom. The van der Waals surface area contributed by atoms with Gasteiger partial charge in [-0.05, 0) is 38.0 Å². The molecule has 2 bridgehead atoms. The Kier molecular flexibility index (Phi) is 3.01. The van der Waals surface area contributed by atoms with Gasteiger partial charge in [0.15, 0.2) is 0 Å². The van der Waals surface area contributed by atoms with E-state index in [9.17, 15) is 4.79 Å². The van der Waals surface area contributed by atoms with Gasteiger partial charge in [0.25, 0.3) is 0 Å². The third-order valence-electron chi connectivity index (χ3n) is 4.01. The summed E-state index contributed by atoms with van der Waals surface area (Å²) in [6, 6.07) is 0.576. The van der Waals surface area contributed by atoms with E-state index in [2.05, 4.69) is 5.32 Å². The Morgan fingerprint density at radius 3 is 2.53 bits per heavy atom. The number of hydrogen-bond donors (Lipinski definition) is 1. The molecule has 2 aliphatic rings. The molecule has 4 unspecified atom stereocenters. The first kappa shape index (κ1) is 10.9. The quantitative estimate of drug-likeness (QED) is 0.760. The summed E-state index contributed by atoms with van der Waals surface area (Å²) in [5.41, 5.74) is 0. The van der Waals surface area contributed by atoms with Crippen molar-refractivity contribution < 1.29 is 4.79 Å². The van der Waals surface area contributed by atoms with Crippen LogP contribution in [-0.2, 0) is 4.79 Å². The van der Waals surface area contributed by atoms with Crippen LogP contribution in [0.25, 0.3) is 0 Å². The Labute approximate surface area is 92.2 Å². The number of nitrogens with zero attached hydrogens (tertiary/aromatic N) is 1. The van der Waals surface area contributed by atoms with Gasteiger partial charge in [0.1, 0.15) is 0 Å². The predicted octanol–water partition coefficient (Wildman–Crippen LogP) is 1.24. The maximum absolute atomic E-state index is 11.7. The van der Waals surface area contributed by atoms with E-state index in [1.54, 1.807) is 4.90 Å². The minimum atomic E-state index is -0.0238. The van der Waals surface area contributed by atoms with Crippen molar-refractivity contribution in [2.75, 3.05) is 14.1 Å². The summed E-state index contributed by atoms with van der Waals surface area (Å²) < 4.78 is 0. The molecule has 3 heteroatoms. The van der Waals surface area contributed by atoms with E-state index in [0.29, 0.717) is 6.04 Å². The molecule has 3 nitrogen and oxygen atoms in total. The Bertz CT molecular complexity index is 252. The van der Waals surface area contributed by atoms with Crippen LogP contribution in [0, 0.1) is 11.8 Å². The largest absolute Gasteiger partial charge is 0.347 e. The summed E-state index contributed by atoms with van der Waals surface area (Å²) in [5.74, 6) is 1.97. The fourth-order valence-corrected chi connectivity index (χ4v) is 3.23. The number of hydrogen-bond acceptors (Lipinski definition) is 2. The van der Waals surface area contributed by atoms with E-state index in [1.165, 1.54) is 25.7 Å². The Balaban J connectivity index is 1.84. The van der Waals surface area contributed by atoms with Crippen molar-refractivity contribution in [1.82, 2.24) is 10.2 Å². The second-order valence-corrected chi connectivity index (χ2v) is 5.40. The molecule has 0 radical (unpaired) electrons. The first-order chi connectivity index (χ1) is 7.08. The van der Waals surface area contributed by atoms with Crippen LogP contribution < -0.4 is 5.32 Å². The zero-order chi connectivity index (χ0) is 11.0. The van der Waals surface area contributed by atoms with Gasteiger partial charge in [0.05, 0.1) is 6.04 Å². The summed E-state index contributed by atoms with van der Waals surface area (Å²) in [4.78, 5) is 13.4. The molecule has 1 N–H and O–H groups in total. The minimum Gasteiger partial charge on any atom is -0.347 e. The highest BCUT2D eigenvalue weighted by atomic mass is 16.2. The highest BCUT2D eigenvalue weighted by molar-refractivity contribution is 5.80. The van der Waals surface area contributed by atoms with Gasteiger partial charge in [0.2, 0.25) is 5.91 Å². The molecule has 15 heavy (non-hydrogen) atoms. The number of carbonyl (C=O) groups excluding carboxylic acids is 1. The van der Waals surface area contributed by atoms with Crippen molar-refractivity contribution in [2.24, 2.45) is 11.8 Å². The number of nitrogens with one attached hydrogen (secondary N) is 1.